The Bertz CT molecular complexity index is 484. The van der Waals surface area contributed by atoms with Crippen LogP contribution in [0.2, 0.25) is 0 Å². The molecule has 2 heterocycles. The maximum Gasteiger partial charge on any atom is 0.267 e. The Morgan fingerprint density at radius 3 is 2.80 bits per heavy atom. The zero-order valence-electron chi connectivity index (χ0n) is 7.79. The first kappa shape index (κ1) is 9.26. The minimum absolute atomic E-state index is 0.198. The first-order valence-corrected chi connectivity index (χ1v) is 4.30. The lowest BCUT2D eigenvalue weighted by molar-refractivity contribution is 0.0995. The maximum absolute atomic E-state index is 10.9. The summed E-state index contributed by atoms with van der Waals surface area (Å²) in [7, 11) is 0. The molecule has 5 nitrogen and oxygen atoms in total. The van der Waals surface area contributed by atoms with Crippen LogP contribution in [0.4, 0.5) is 0 Å². The highest BCUT2D eigenvalue weighted by atomic mass is 16.1. The average molecular weight is 200 g/mol. The number of primary amides is 1. The van der Waals surface area contributed by atoms with Crippen molar-refractivity contribution in [3.05, 3.63) is 42.5 Å². The molecule has 0 saturated carbocycles. The van der Waals surface area contributed by atoms with Crippen LogP contribution < -0.4 is 5.73 Å². The summed E-state index contributed by atoms with van der Waals surface area (Å²) in [5.74, 6) is -0.123. The van der Waals surface area contributed by atoms with E-state index < -0.39 is 5.91 Å². The largest absolute Gasteiger partial charge is 0.364 e. The number of nitrogens with zero attached hydrogens (tertiary/aromatic N) is 3. The Balaban J connectivity index is 2.46. The molecule has 0 aliphatic carbocycles. The summed E-state index contributed by atoms with van der Waals surface area (Å²) in [6.45, 7) is 0. The third-order valence-electron chi connectivity index (χ3n) is 1.83. The van der Waals surface area contributed by atoms with E-state index in [4.69, 9.17) is 5.73 Å². The van der Waals surface area contributed by atoms with E-state index in [1.54, 1.807) is 18.5 Å². The molecule has 0 atom stereocenters. The van der Waals surface area contributed by atoms with E-state index in [1.165, 1.54) is 12.3 Å². The Morgan fingerprint density at radius 1 is 1.27 bits per heavy atom. The van der Waals surface area contributed by atoms with Crippen molar-refractivity contribution in [2.75, 3.05) is 0 Å². The summed E-state index contributed by atoms with van der Waals surface area (Å²) in [4.78, 5) is 22.9. The fourth-order valence-electron chi connectivity index (χ4n) is 1.13. The van der Waals surface area contributed by atoms with Crippen molar-refractivity contribution in [2.45, 2.75) is 0 Å². The van der Waals surface area contributed by atoms with E-state index in [0.29, 0.717) is 5.82 Å². The normalized spacial score (nSPS) is 9.87. The summed E-state index contributed by atoms with van der Waals surface area (Å²) in [5.41, 5.74) is 6.06. The summed E-state index contributed by atoms with van der Waals surface area (Å²) in [6, 6.07) is 5.06. The second-order valence-corrected chi connectivity index (χ2v) is 2.87. The molecule has 0 bridgehead atoms. The fraction of sp³-hybridized carbons (Fsp3) is 0. The third kappa shape index (κ3) is 1.96. The van der Waals surface area contributed by atoms with E-state index in [2.05, 4.69) is 15.0 Å². The van der Waals surface area contributed by atoms with Gasteiger partial charge in [0.25, 0.3) is 5.91 Å². The standard InChI is InChI=1S/C10H8N4O/c11-9(15)8-3-5-13-10(14-8)7-2-1-4-12-6-7/h1-6H,(H2,11,15). The molecule has 0 unspecified atom stereocenters. The molecular formula is C10H8N4O. The van der Waals surface area contributed by atoms with Gasteiger partial charge in [0.05, 0.1) is 0 Å². The van der Waals surface area contributed by atoms with Crippen molar-refractivity contribution in [3.8, 4) is 11.4 Å². The number of carbonyl (C=O) groups is 1. The average Bonchev–Trinajstić information content (AvgIpc) is 2.30. The lowest BCUT2D eigenvalue weighted by Crippen LogP contribution is -2.13. The van der Waals surface area contributed by atoms with E-state index in [1.807, 2.05) is 6.07 Å². The topological polar surface area (TPSA) is 81.8 Å². The number of pyridine rings is 1. The van der Waals surface area contributed by atoms with E-state index in [0.717, 1.165) is 5.56 Å². The Hall–Kier alpha value is -2.30. The molecule has 1 amide bonds. The minimum atomic E-state index is -0.567. The van der Waals surface area contributed by atoms with Crippen LogP contribution in [-0.2, 0) is 0 Å². The number of hydrogen-bond donors (Lipinski definition) is 1. The SMILES string of the molecule is NC(=O)c1ccnc(-c2cccnc2)n1. The van der Waals surface area contributed by atoms with Crippen LogP contribution >= 0.6 is 0 Å². The molecule has 0 aliphatic heterocycles. The summed E-state index contributed by atoms with van der Waals surface area (Å²) in [6.07, 6.45) is 4.77. The van der Waals surface area contributed by atoms with Gasteiger partial charge in [0, 0.05) is 24.2 Å². The molecule has 0 saturated heterocycles. The van der Waals surface area contributed by atoms with Gasteiger partial charge in [-0.25, -0.2) is 9.97 Å². The van der Waals surface area contributed by atoms with Crippen LogP contribution in [-0.4, -0.2) is 20.9 Å². The number of carbonyl (C=O) groups excluding carboxylic acids is 1. The molecule has 0 aromatic carbocycles. The van der Waals surface area contributed by atoms with Gasteiger partial charge in [-0.1, -0.05) is 0 Å². The van der Waals surface area contributed by atoms with Gasteiger partial charge in [0.1, 0.15) is 5.69 Å². The highest BCUT2D eigenvalue weighted by Crippen LogP contribution is 2.11. The Kier molecular flexibility index (Phi) is 2.37. The summed E-state index contributed by atoms with van der Waals surface area (Å²) in [5, 5.41) is 0. The number of aromatic nitrogens is 3. The van der Waals surface area contributed by atoms with E-state index in [-0.39, 0.29) is 5.69 Å². The van der Waals surface area contributed by atoms with Crippen molar-refractivity contribution in [2.24, 2.45) is 5.73 Å². The number of hydrogen-bond acceptors (Lipinski definition) is 4. The van der Waals surface area contributed by atoms with Gasteiger partial charge < -0.3 is 5.73 Å². The first-order valence-electron chi connectivity index (χ1n) is 4.30. The summed E-state index contributed by atoms with van der Waals surface area (Å²) < 4.78 is 0. The van der Waals surface area contributed by atoms with E-state index in [9.17, 15) is 4.79 Å². The van der Waals surface area contributed by atoms with Crippen molar-refractivity contribution >= 4 is 5.91 Å². The molecule has 2 rings (SSSR count). The predicted octanol–water partition coefficient (Wildman–Crippen LogP) is 0.637. The minimum Gasteiger partial charge on any atom is -0.364 e. The second-order valence-electron chi connectivity index (χ2n) is 2.87. The summed E-state index contributed by atoms with van der Waals surface area (Å²) >= 11 is 0. The Morgan fingerprint density at radius 2 is 2.13 bits per heavy atom. The lowest BCUT2D eigenvalue weighted by Gasteiger charge is -1.99. The molecular weight excluding hydrogens is 192 g/mol. The number of nitrogens with two attached hydrogens (primary N) is 1. The monoisotopic (exact) mass is 200 g/mol. The van der Waals surface area contributed by atoms with Gasteiger partial charge in [-0.15, -0.1) is 0 Å². The molecule has 0 fully saturated rings. The quantitative estimate of drug-likeness (QED) is 0.771. The zero-order valence-corrected chi connectivity index (χ0v) is 7.79. The molecule has 0 spiro atoms. The van der Waals surface area contributed by atoms with Crippen LogP contribution in [0.25, 0.3) is 11.4 Å². The second kappa shape index (κ2) is 3.83. The molecule has 5 heteroatoms. The molecule has 15 heavy (non-hydrogen) atoms. The van der Waals surface area contributed by atoms with Crippen LogP contribution in [0, 0.1) is 0 Å². The molecule has 2 N–H and O–H groups in total. The van der Waals surface area contributed by atoms with Crippen molar-refractivity contribution in [3.63, 3.8) is 0 Å². The zero-order chi connectivity index (χ0) is 10.7. The maximum atomic E-state index is 10.9. The first-order chi connectivity index (χ1) is 7.27. The Labute approximate surface area is 86.0 Å². The molecule has 2 aromatic heterocycles. The molecule has 0 aliphatic rings. The number of amides is 1. The smallest absolute Gasteiger partial charge is 0.267 e. The van der Waals surface area contributed by atoms with Crippen LogP contribution in [0.5, 0.6) is 0 Å². The third-order valence-corrected chi connectivity index (χ3v) is 1.83. The highest BCUT2D eigenvalue weighted by molar-refractivity contribution is 5.91. The fourth-order valence-corrected chi connectivity index (χ4v) is 1.13. The lowest BCUT2D eigenvalue weighted by atomic mass is 10.2. The molecule has 2 aromatic rings. The highest BCUT2D eigenvalue weighted by Gasteiger charge is 2.05. The molecule has 0 radical (unpaired) electrons. The van der Waals surface area contributed by atoms with Gasteiger partial charge in [-0.05, 0) is 18.2 Å². The van der Waals surface area contributed by atoms with Gasteiger partial charge in [-0.2, -0.15) is 0 Å². The van der Waals surface area contributed by atoms with Crippen molar-refractivity contribution in [1.82, 2.24) is 15.0 Å². The number of rotatable bonds is 2. The van der Waals surface area contributed by atoms with Crippen molar-refractivity contribution in [1.29, 1.82) is 0 Å². The van der Waals surface area contributed by atoms with Crippen LogP contribution in [0.15, 0.2) is 36.8 Å². The predicted molar refractivity (Wildman–Crippen MR) is 53.8 cm³/mol. The van der Waals surface area contributed by atoms with Gasteiger partial charge in [0.2, 0.25) is 0 Å². The van der Waals surface area contributed by atoms with Crippen molar-refractivity contribution < 1.29 is 4.79 Å². The van der Waals surface area contributed by atoms with Crippen LogP contribution in [0.1, 0.15) is 10.5 Å². The van der Waals surface area contributed by atoms with Gasteiger partial charge in [-0.3, -0.25) is 9.78 Å². The van der Waals surface area contributed by atoms with Crippen LogP contribution in [0.3, 0.4) is 0 Å². The van der Waals surface area contributed by atoms with Gasteiger partial charge in [0.15, 0.2) is 5.82 Å². The molecule has 74 valence electrons. The van der Waals surface area contributed by atoms with Gasteiger partial charge >= 0.3 is 0 Å². The van der Waals surface area contributed by atoms with E-state index >= 15 is 0 Å².